The van der Waals surface area contributed by atoms with Crippen LogP contribution in [0, 0.1) is 11.7 Å². The third-order valence-electron chi connectivity index (χ3n) is 4.93. The fraction of sp³-hybridized carbons (Fsp3) is 0.500. The molecule has 4 atom stereocenters. The number of hydrogen-bond acceptors (Lipinski definition) is 6. The number of esters is 1. The maximum atomic E-state index is 13.5. The van der Waals surface area contributed by atoms with Gasteiger partial charge in [-0.1, -0.05) is 19.1 Å². The van der Waals surface area contributed by atoms with Gasteiger partial charge in [-0.25, -0.2) is 9.18 Å². The highest BCUT2D eigenvalue weighted by Crippen LogP contribution is 2.40. The molecular weight excluding hydrogens is 381 g/mol. The second-order valence-corrected chi connectivity index (χ2v) is 8.08. The topological polar surface area (TPSA) is 79.5 Å². The highest BCUT2D eigenvalue weighted by atomic mass is 32.2. The quantitative estimate of drug-likeness (QED) is 0.629. The molecule has 0 aliphatic carbocycles. The van der Waals surface area contributed by atoms with Crippen molar-refractivity contribution in [2.24, 2.45) is 5.92 Å². The van der Waals surface area contributed by atoms with Crippen LogP contribution < -0.4 is 16.0 Å². The summed E-state index contributed by atoms with van der Waals surface area (Å²) in [4.78, 5) is 25.7. The van der Waals surface area contributed by atoms with E-state index in [0.29, 0.717) is 16.8 Å². The van der Waals surface area contributed by atoms with E-state index in [0.717, 1.165) is 12.2 Å². The van der Waals surface area contributed by atoms with Crippen LogP contribution in [0.15, 0.2) is 35.5 Å². The molecule has 6 nitrogen and oxygen atoms in total. The van der Waals surface area contributed by atoms with Crippen molar-refractivity contribution in [3.05, 3.63) is 46.9 Å². The first-order valence-electron chi connectivity index (χ1n) is 9.54. The van der Waals surface area contributed by atoms with Crippen molar-refractivity contribution in [1.82, 2.24) is 16.0 Å². The van der Waals surface area contributed by atoms with E-state index >= 15 is 0 Å². The molecule has 0 saturated carbocycles. The summed E-state index contributed by atoms with van der Waals surface area (Å²) in [5, 5.41) is 9.68. The molecule has 2 aliphatic rings. The number of fused-ring (bicyclic) bond motifs is 1. The predicted molar refractivity (Wildman–Crippen MR) is 107 cm³/mol. The normalized spacial score (nSPS) is 26.9. The predicted octanol–water partition coefficient (Wildman–Crippen LogP) is 2.44. The molecule has 1 fully saturated rings. The van der Waals surface area contributed by atoms with E-state index in [1.807, 2.05) is 0 Å². The lowest BCUT2D eigenvalue weighted by Crippen LogP contribution is -2.67. The molecule has 0 bridgehead atoms. The molecule has 0 spiro atoms. The summed E-state index contributed by atoms with van der Waals surface area (Å²) in [7, 11) is 0. The van der Waals surface area contributed by atoms with E-state index < -0.39 is 17.8 Å². The number of hydrogen-bond donors (Lipinski definition) is 3. The largest absolute Gasteiger partial charge is 0.463 e. The Balaban J connectivity index is 2.00. The molecule has 4 unspecified atom stereocenters. The van der Waals surface area contributed by atoms with Gasteiger partial charge in [0.2, 0.25) is 5.91 Å². The zero-order valence-corrected chi connectivity index (χ0v) is 17.1. The second kappa shape index (κ2) is 8.96. The molecule has 1 aromatic rings. The zero-order chi connectivity index (χ0) is 20.3. The Hall–Kier alpha value is -2.06. The van der Waals surface area contributed by atoms with Gasteiger partial charge in [0.25, 0.3) is 0 Å². The number of ether oxygens (including phenoxy) is 1. The van der Waals surface area contributed by atoms with Gasteiger partial charge in [-0.05, 0) is 43.7 Å². The second-order valence-electron chi connectivity index (χ2n) is 6.86. The Morgan fingerprint density at radius 3 is 2.57 bits per heavy atom. The molecule has 28 heavy (non-hydrogen) atoms. The molecule has 1 aromatic carbocycles. The zero-order valence-electron chi connectivity index (χ0n) is 16.3. The number of carbonyl (C=O) groups is 2. The van der Waals surface area contributed by atoms with Gasteiger partial charge in [0.15, 0.2) is 0 Å². The minimum Gasteiger partial charge on any atom is -0.463 e. The Morgan fingerprint density at radius 1 is 1.21 bits per heavy atom. The molecule has 0 radical (unpaired) electrons. The molecule has 0 aromatic heterocycles. The van der Waals surface area contributed by atoms with Crippen molar-refractivity contribution in [2.45, 2.75) is 44.8 Å². The first kappa shape index (κ1) is 20.7. The van der Waals surface area contributed by atoms with Gasteiger partial charge in [0, 0.05) is 11.6 Å². The molecule has 3 N–H and O–H groups in total. The van der Waals surface area contributed by atoms with Crippen molar-refractivity contribution < 1.29 is 18.7 Å². The van der Waals surface area contributed by atoms with E-state index in [1.165, 1.54) is 12.1 Å². The molecular formula is C20H26FN3O3S. The van der Waals surface area contributed by atoms with Crippen molar-refractivity contribution in [3.8, 4) is 0 Å². The van der Waals surface area contributed by atoms with Gasteiger partial charge in [-0.2, -0.15) is 0 Å². The number of nitrogens with one attached hydrogen (secondary N) is 3. The maximum Gasteiger partial charge on any atom is 0.336 e. The molecule has 8 heteroatoms. The SMILES string of the molecule is CCCSC1NC(=O)C2C(NC(C)=C(C(=O)OCC)C2c2ccc(F)cc2)N1. The van der Waals surface area contributed by atoms with Gasteiger partial charge in [0.05, 0.1) is 24.3 Å². The lowest BCUT2D eigenvalue weighted by atomic mass is 9.74. The first-order valence-corrected chi connectivity index (χ1v) is 10.6. The van der Waals surface area contributed by atoms with Gasteiger partial charge >= 0.3 is 5.97 Å². The third-order valence-corrected chi connectivity index (χ3v) is 6.16. The maximum absolute atomic E-state index is 13.5. The van der Waals surface area contributed by atoms with Crippen LogP contribution in [0.2, 0.25) is 0 Å². The molecule has 1 saturated heterocycles. The number of thioether (sulfide) groups is 1. The van der Waals surface area contributed by atoms with Crippen molar-refractivity contribution in [2.75, 3.05) is 12.4 Å². The number of carbonyl (C=O) groups excluding carboxylic acids is 2. The van der Waals surface area contributed by atoms with E-state index in [-0.39, 0.29) is 30.0 Å². The number of amides is 1. The highest BCUT2D eigenvalue weighted by molar-refractivity contribution is 7.99. The van der Waals surface area contributed by atoms with Crippen molar-refractivity contribution in [3.63, 3.8) is 0 Å². The lowest BCUT2D eigenvalue weighted by molar-refractivity contribution is -0.139. The Morgan fingerprint density at radius 2 is 1.93 bits per heavy atom. The van der Waals surface area contributed by atoms with Crippen LogP contribution in [0.25, 0.3) is 0 Å². The lowest BCUT2D eigenvalue weighted by Gasteiger charge is -2.45. The Bertz CT molecular complexity index is 768. The summed E-state index contributed by atoms with van der Waals surface area (Å²) in [6, 6.07) is 5.94. The summed E-state index contributed by atoms with van der Waals surface area (Å²) in [5.41, 5.74) is 1.57. The van der Waals surface area contributed by atoms with E-state index in [2.05, 4.69) is 22.9 Å². The van der Waals surface area contributed by atoms with Gasteiger partial charge < -0.3 is 15.4 Å². The Labute approximate surface area is 168 Å². The molecule has 2 heterocycles. The van der Waals surface area contributed by atoms with Crippen LogP contribution in [0.5, 0.6) is 0 Å². The van der Waals surface area contributed by atoms with Gasteiger partial charge in [0.1, 0.15) is 11.3 Å². The summed E-state index contributed by atoms with van der Waals surface area (Å²) >= 11 is 1.63. The number of allylic oxidation sites excluding steroid dienone is 1. The summed E-state index contributed by atoms with van der Waals surface area (Å²) in [5.74, 6) is -1.15. The van der Waals surface area contributed by atoms with Crippen LogP contribution in [-0.4, -0.2) is 35.9 Å². The molecule has 2 aliphatic heterocycles. The monoisotopic (exact) mass is 407 g/mol. The number of halogens is 1. The summed E-state index contributed by atoms with van der Waals surface area (Å²) in [6.07, 6.45) is 0.668. The van der Waals surface area contributed by atoms with Crippen LogP contribution in [0.3, 0.4) is 0 Å². The minimum atomic E-state index is -0.563. The third kappa shape index (κ3) is 4.17. The smallest absolute Gasteiger partial charge is 0.336 e. The first-order chi connectivity index (χ1) is 13.5. The van der Waals surface area contributed by atoms with E-state index in [4.69, 9.17) is 4.74 Å². The van der Waals surface area contributed by atoms with E-state index in [1.54, 1.807) is 37.7 Å². The fourth-order valence-corrected chi connectivity index (χ4v) is 4.66. The van der Waals surface area contributed by atoms with Crippen LogP contribution in [-0.2, 0) is 14.3 Å². The van der Waals surface area contributed by atoms with Crippen LogP contribution >= 0.6 is 11.8 Å². The highest BCUT2D eigenvalue weighted by Gasteiger charge is 2.48. The van der Waals surface area contributed by atoms with Crippen LogP contribution in [0.4, 0.5) is 4.39 Å². The average molecular weight is 408 g/mol. The minimum absolute atomic E-state index is 0.145. The van der Waals surface area contributed by atoms with Gasteiger partial charge in [-0.3, -0.25) is 10.1 Å². The average Bonchev–Trinajstić information content (AvgIpc) is 2.66. The van der Waals surface area contributed by atoms with Crippen molar-refractivity contribution >= 4 is 23.6 Å². The van der Waals surface area contributed by atoms with Gasteiger partial charge in [-0.15, -0.1) is 11.8 Å². The molecule has 152 valence electrons. The van der Waals surface area contributed by atoms with E-state index in [9.17, 15) is 14.0 Å². The van der Waals surface area contributed by atoms with Crippen LogP contribution in [0.1, 0.15) is 38.7 Å². The number of benzene rings is 1. The Kier molecular flexibility index (Phi) is 6.61. The fourth-order valence-electron chi connectivity index (χ4n) is 3.74. The number of rotatable bonds is 6. The van der Waals surface area contributed by atoms with Crippen molar-refractivity contribution in [1.29, 1.82) is 0 Å². The molecule has 1 amide bonds. The summed E-state index contributed by atoms with van der Waals surface area (Å²) < 4.78 is 18.7. The standard InChI is InChI=1S/C20H26FN3O3S/c1-4-10-28-20-23-17-16(18(25)24-20)15(12-6-8-13(21)9-7-12)14(11(3)22-17)19(26)27-5-2/h6-9,15-17,20,22-23H,4-5,10H2,1-3H3,(H,24,25). The summed E-state index contributed by atoms with van der Waals surface area (Å²) in [6.45, 7) is 5.87. The molecule has 3 rings (SSSR count).